The molecule has 3 aliphatic rings. The number of sulfone groups is 1. The zero-order chi connectivity index (χ0) is 41.3. The molecule has 7 atom stereocenters. The minimum atomic E-state index is -4.43. The number of nitrogens with zero attached hydrogens (tertiary/aromatic N) is 2. The number of methoxy groups -OCH3 is 1. The highest BCUT2D eigenvalue weighted by molar-refractivity contribution is 7.93. The summed E-state index contributed by atoms with van der Waals surface area (Å²) in [5, 5.41) is 2.64. The monoisotopic (exact) mass is 762 g/mol. The lowest BCUT2D eigenvalue weighted by Gasteiger charge is -2.35. The molecule has 0 bridgehead atoms. The van der Waals surface area contributed by atoms with Crippen molar-refractivity contribution in [3.8, 4) is 11.6 Å². The molecule has 2 aromatic rings. The Balaban J connectivity index is 1.47. The highest BCUT2D eigenvalue weighted by Gasteiger charge is 2.61. The Morgan fingerprint density at radius 3 is 2.44 bits per heavy atom. The van der Waals surface area contributed by atoms with Crippen LogP contribution in [0.1, 0.15) is 78.2 Å². The number of nitrogens with one attached hydrogen (secondary N) is 1. The summed E-state index contributed by atoms with van der Waals surface area (Å²) in [5.74, 6) is -6.68. The van der Waals surface area contributed by atoms with Gasteiger partial charge < -0.3 is 24.4 Å². The molecular formula is C38H50ClN3O9S. The first-order valence-corrected chi connectivity index (χ1v) is 19.3. The molecule has 1 N–H and O–H groups in total. The van der Waals surface area contributed by atoms with Crippen LogP contribution in [0.15, 0.2) is 37.1 Å². The van der Waals surface area contributed by atoms with E-state index in [1.54, 1.807) is 59.7 Å². The maximum atomic E-state index is 14.6. The third kappa shape index (κ3) is 8.40. The largest absolute Gasteiger partial charge is 0.494 e. The average molecular weight is 763 g/mol. The Morgan fingerprint density at radius 1 is 1.21 bits per heavy atom. The molecule has 284 valence electrons. The lowest BCUT2D eigenvalue weighted by atomic mass is 9.77. The van der Waals surface area contributed by atoms with Crippen molar-refractivity contribution < 1.29 is 45.9 Å². The van der Waals surface area contributed by atoms with Crippen molar-refractivity contribution in [3.05, 3.63) is 42.1 Å². The number of hydrogen-bond acceptors (Lipinski definition) is 10. The van der Waals surface area contributed by atoms with Crippen LogP contribution in [-0.4, -0.2) is 89.8 Å². The number of carbonyl (C=O) groups is 4. The summed E-state index contributed by atoms with van der Waals surface area (Å²) >= 11 is 6.33. The van der Waals surface area contributed by atoms with E-state index >= 15 is 0 Å². The number of rotatable bonds is 13. The van der Waals surface area contributed by atoms with E-state index in [2.05, 4.69) is 16.9 Å². The van der Waals surface area contributed by atoms with Crippen LogP contribution in [0, 0.1) is 23.1 Å². The number of ketones is 1. The normalized spacial score (nSPS) is 29.6. The number of likely N-dealkylation sites (tertiary alicyclic amines) is 1. The molecule has 2 saturated carbocycles. The van der Waals surface area contributed by atoms with Gasteiger partial charge >= 0.3 is 5.97 Å². The molecule has 0 radical (unpaired) electrons. The molecular weight excluding hydrogens is 710 g/mol. The molecule has 2 aliphatic carbocycles. The van der Waals surface area contributed by atoms with Gasteiger partial charge in [-0.3, -0.25) is 19.2 Å². The molecule has 12 nitrogen and oxygen atoms in total. The van der Waals surface area contributed by atoms with Crippen LogP contribution in [0.5, 0.6) is 11.6 Å². The number of esters is 1. The summed E-state index contributed by atoms with van der Waals surface area (Å²) in [6.45, 7) is 15.4. The van der Waals surface area contributed by atoms with E-state index in [4.69, 9.17) is 29.9 Å². The van der Waals surface area contributed by atoms with E-state index in [0.717, 1.165) is 6.92 Å². The number of hydrogen-bond donors (Lipinski definition) is 1. The smallest absolute Gasteiger partial charge is 0.307 e. The number of halogens is 1. The zero-order valence-electron chi connectivity index (χ0n) is 33.9. The van der Waals surface area contributed by atoms with Gasteiger partial charge in [-0.25, -0.2) is 13.4 Å². The van der Waals surface area contributed by atoms with E-state index in [1.165, 1.54) is 24.3 Å². The molecule has 2 heterocycles. The predicted molar refractivity (Wildman–Crippen MR) is 197 cm³/mol. The molecule has 14 heteroatoms. The van der Waals surface area contributed by atoms with Gasteiger partial charge in [-0.05, 0) is 63.1 Å². The SMILES string of the molecule is [2H]C1([2H])C(S(=O)(=O)CC(=O)[C@@]2(NC(=O)[C@@H]3C[C@@H](Oc4ncc(OC)c5ccc(Cl)cc45)CN3C(=O)[C@@H](CC(=O)OC(C)(C)C)C(C)(C)C)C[C@H]2C=C)C1([2H])C. The van der Waals surface area contributed by atoms with Crippen LogP contribution in [0.25, 0.3) is 10.8 Å². The fourth-order valence-corrected chi connectivity index (χ4v) is 8.66. The van der Waals surface area contributed by atoms with E-state index in [0.29, 0.717) is 21.5 Å². The first-order chi connectivity index (χ1) is 25.2. The number of Topliss-reactive ketones (excluding diaryl/α,β-unsaturated/α-hetero) is 1. The summed E-state index contributed by atoms with van der Waals surface area (Å²) in [4.78, 5) is 61.6. The second kappa shape index (κ2) is 14.3. The third-order valence-electron chi connectivity index (χ3n) is 9.76. The summed E-state index contributed by atoms with van der Waals surface area (Å²) < 4.78 is 68.0. The fourth-order valence-electron chi connectivity index (χ4n) is 6.80. The molecule has 2 unspecified atom stereocenters. The minimum Gasteiger partial charge on any atom is -0.494 e. The van der Waals surface area contributed by atoms with Gasteiger partial charge in [0.25, 0.3) is 0 Å². The van der Waals surface area contributed by atoms with Crippen LogP contribution in [0.3, 0.4) is 0 Å². The van der Waals surface area contributed by atoms with Gasteiger partial charge in [-0.2, -0.15) is 0 Å². The van der Waals surface area contributed by atoms with Crippen molar-refractivity contribution in [2.24, 2.45) is 23.1 Å². The molecule has 1 aliphatic heterocycles. The number of aromatic nitrogens is 1. The summed E-state index contributed by atoms with van der Waals surface area (Å²) in [7, 11) is -2.93. The predicted octanol–water partition coefficient (Wildman–Crippen LogP) is 5.09. The number of benzene rings is 1. The minimum absolute atomic E-state index is 0.0403. The first kappa shape index (κ1) is 35.3. The van der Waals surface area contributed by atoms with E-state index in [1.807, 2.05) is 0 Å². The van der Waals surface area contributed by atoms with E-state index in [9.17, 15) is 27.6 Å². The van der Waals surface area contributed by atoms with Crippen LogP contribution < -0.4 is 14.8 Å². The maximum Gasteiger partial charge on any atom is 0.307 e. The van der Waals surface area contributed by atoms with Gasteiger partial charge in [0.1, 0.15) is 34.8 Å². The fraction of sp³-hybridized carbons (Fsp3) is 0.605. The van der Waals surface area contributed by atoms with Crippen LogP contribution in [-0.2, 0) is 33.8 Å². The van der Waals surface area contributed by atoms with Gasteiger partial charge in [0.2, 0.25) is 17.7 Å². The van der Waals surface area contributed by atoms with Gasteiger partial charge in [-0.1, -0.05) is 45.4 Å². The number of pyridine rings is 1. The van der Waals surface area contributed by atoms with Crippen molar-refractivity contribution in [3.63, 3.8) is 0 Å². The number of amides is 2. The summed E-state index contributed by atoms with van der Waals surface area (Å²) in [6, 6.07) is 3.87. The Labute approximate surface area is 315 Å². The molecule has 3 fully saturated rings. The number of ether oxygens (including phenoxy) is 3. The Bertz CT molecular complexity index is 2020. The van der Waals surface area contributed by atoms with E-state index < -0.39 is 97.2 Å². The molecule has 0 spiro atoms. The van der Waals surface area contributed by atoms with Crippen LogP contribution >= 0.6 is 11.6 Å². The van der Waals surface area contributed by atoms with Crippen molar-refractivity contribution in [1.82, 2.24) is 15.2 Å². The van der Waals surface area contributed by atoms with Gasteiger partial charge in [0.15, 0.2) is 15.6 Å². The lowest BCUT2D eigenvalue weighted by Crippen LogP contribution is -2.55. The first-order valence-electron chi connectivity index (χ1n) is 18.7. The number of fused-ring (bicyclic) bond motifs is 1. The quantitative estimate of drug-likeness (QED) is 0.215. The second-order valence-electron chi connectivity index (χ2n) is 16.0. The third-order valence-corrected chi connectivity index (χ3v) is 11.8. The van der Waals surface area contributed by atoms with Crippen molar-refractivity contribution in [2.45, 2.75) is 103 Å². The van der Waals surface area contributed by atoms with Gasteiger partial charge in [0.05, 0.1) is 37.4 Å². The van der Waals surface area contributed by atoms with Gasteiger partial charge in [-0.15, -0.1) is 6.58 Å². The standard InChI is InChI=1S/C38H50ClN3O9S/c1-10-22-17-38(22,31(43)20-52(47,48)30-13-21(30)2)41-33(45)28-15-24(50-34-26-14-23(39)11-12-25(26)29(49-9)18-40-34)19-42(28)35(46)27(36(3,4)5)16-32(44)51-37(6,7)8/h10-12,14,18,21-22,24,27-28,30H,1,13,15-17,19-20H2,2-9H3,(H,41,45)/t21?,22-,24-,27-,28+,30?,38-/m1/s1/i13D2,21D. The summed E-state index contributed by atoms with van der Waals surface area (Å²) in [6.07, 6.45) is -0.536. The molecule has 52 heavy (non-hydrogen) atoms. The molecule has 5 rings (SSSR count). The highest BCUT2D eigenvalue weighted by Crippen LogP contribution is 2.47. The highest BCUT2D eigenvalue weighted by atomic mass is 35.5. The van der Waals surface area contributed by atoms with Gasteiger partial charge in [0, 0.05) is 32.2 Å². The zero-order valence-corrected chi connectivity index (χ0v) is 32.4. The number of carbonyl (C=O) groups excluding carboxylic acids is 4. The maximum absolute atomic E-state index is 14.6. The average Bonchev–Trinajstić information content (AvgIpc) is 3.77. The molecule has 1 aromatic heterocycles. The Morgan fingerprint density at radius 2 is 1.88 bits per heavy atom. The second-order valence-corrected chi connectivity index (χ2v) is 18.5. The van der Waals surface area contributed by atoms with Crippen LogP contribution in [0.2, 0.25) is 5.02 Å². The molecule has 1 saturated heterocycles. The molecule has 2 amide bonds. The van der Waals surface area contributed by atoms with Crippen molar-refractivity contribution >= 4 is 55.8 Å². The topological polar surface area (TPSA) is 158 Å². The lowest BCUT2D eigenvalue weighted by molar-refractivity contribution is -0.161. The Hall–Kier alpha value is -3.71. The molecule has 1 aromatic carbocycles. The van der Waals surface area contributed by atoms with Crippen molar-refractivity contribution in [1.29, 1.82) is 0 Å². The van der Waals surface area contributed by atoms with Crippen molar-refractivity contribution in [2.75, 3.05) is 19.4 Å². The Kier molecular flexibility index (Phi) is 9.69. The summed E-state index contributed by atoms with van der Waals surface area (Å²) in [5.41, 5.74) is -3.25. The van der Waals surface area contributed by atoms with E-state index in [-0.39, 0.29) is 31.7 Å². The van der Waals surface area contributed by atoms with Crippen LogP contribution in [0.4, 0.5) is 0 Å².